The minimum Gasteiger partial charge on any atom is -0.437 e. The number of morpholine rings is 1. The summed E-state index contributed by atoms with van der Waals surface area (Å²) in [6.07, 6.45) is 1.54. The molecule has 0 amide bonds. The summed E-state index contributed by atoms with van der Waals surface area (Å²) < 4.78 is 24.2. The second-order valence-corrected chi connectivity index (χ2v) is 6.24. The van der Waals surface area contributed by atoms with Crippen LogP contribution in [0, 0.1) is 5.82 Å². The molecule has 1 saturated heterocycles. The number of ether oxygens (including phenoxy) is 2. The predicted octanol–water partition coefficient (Wildman–Crippen LogP) is 2.72. The molecule has 0 unspecified atom stereocenters. The number of aliphatic imine (C=N–C) groups is 1. The molecule has 1 fully saturated rings. The predicted molar refractivity (Wildman–Crippen MR) is 99.3 cm³/mol. The topological polar surface area (TPSA) is 79.2 Å². The zero-order chi connectivity index (χ0) is 19.1. The number of pyridine rings is 1. The monoisotopic (exact) mass is 394 g/mol. The molecule has 1 aliphatic rings. The third kappa shape index (κ3) is 5.36. The van der Waals surface area contributed by atoms with Gasteiger partial charge in [0.05, 0.1) is 30.3 Å². The van der Waals surface area contributed by atoms with Crippen molar-refractivity contribution >= 4 is 17.4 Å². The molecule has 0 bridgehead atoms. The quantitative estimate of drug-likeness (QED) is 0.445. The Balaban J connectivity index is 1.74. The third-order valence-electron chi connectivity index (χ3n) is 4.02. The minimum atomic E-state index is -0.462. The van der Waals surface area contributed by atoms with E-state index in [0.717, 1.165) is 25.7 Å². The van der Waals surface area contributed by atoms with Crippen LogP contribution in [0.2, 0.25) is 5.02 Å². The van der Waals surface area contributed by atoms with E-state index in [1.54, 1.807) is 18.3 Å². The molecule has 0 atom stereocenters. The van der Waals surface area contributed by atoms with Crippen molar-refractivity contribution in [2.75, 3.05) is 39.4 Å². The van der Waals surface area contributed by atoms with Gasteiger partial charge in [0, 0.05) is 25.8 Å². The summed E-state index contributed by atoms with van der Waals surface area (Å²) in [5.74, 6) is 0.210. The molecule has 1 aliphatic heterocycles. The zero-order valence-corrected chi connectivity index (χ0v) is 15.3. The number of benzene rings is 1. The summed E-state index contributed by atoms with van der Waals surface area (Å²) in [6, 6.07) is 7.21. The molecule has 2 heterocycles. The van der Waals surface area contributed by atoms with Crippen LogP contribution in [0.25, 0.3) is 0 Å². The van der Waals surface area contributed by atoms with Crippen LogP contribution < -0.4 is 10.2 Å². The van der Waals surface area contributed by atoms with E-state index >= 15 is 0 Å². The summed E-state index contributed by atoms with van der Waals surface area (Å²) in [6.45, 7) is 4.38. The Labute approximate surface area is 161 Å². The van der Waals surface area contributed by atoms with Crippen LogP contribution >= 0.6 is 11.6 Å². The van der Waals surface area contributed by atoms with Crippen molar-refractivity contribution in [1.29, 1.82) is 0 Å². The van der Waals surface area contributed by atoms with E-state index in [-0.39, 0.29) is 22.5 Å². The third-order valence-corrected chi connectivity index (χ3v) is 4.32. The zero-order valence-electron chi connectivity index (χ0n) is 14.6. The van der Waals surface area contributed by atoms with Crippen molar-refractivity contribution in [2.45, 2.75) is 0 Å². The van der Waals surface area contributed by atoms with Crippen LogP contribution in [0.15, 0.2) is 41.5 Å². The van der Waals surface area contributed by atoms with Crippen LogP contribution in [0.4, 0.5) is 4.39 Å². The van der Waals surface area contributed by atoms with Crippen LogP contribution in [-0.4, -0.2) is 60.3 Å². The van der Waals surface area contributed by atoms with E-state index in [1.165, 1.54) is 12.1 Å². The summed E-state index contributed by atoms with van der Waals surface area (Å²) in [4.78, 5) is 10.8. The average Bonchev–Trinajstić information content (AvgIpc) is 2.69. The summed E-state index contributed by atoms with van der Waals surface area (Å²) >= 11 is 6.01. The second kappa shape index (κ2) is 9.61. The van der Waals surface area contributed by atoms with E-state index in [2.05, 4.69) is 20.4 Å². The first kappa shape index (κ1) is 19.5. The van der Waals surface area contributed by atoms with E-state index in [0.29, 0.717) is 25.3 Å². The average molecular weight is 395 g/mol. The highest BCUT2D eigenvalue weighted by Gasteiger charge is 2.15. The fourth-order valence-electron chi connectivity index (χ4n) is 2.62. The molecule has 0 saturated carbocycles. The summed E-state index contributed by atoms with van der Waals surface area (Å²) in [7, 11) is 0. The molecule has 0 spiro atoms. The molecule has 27 heavy (non-hydrogen) atoms. The van der Waals surface area contributed by atoms with Gasteiger partial charge in [-0.3, -0.25) is 20.6 Å². The number of amidine groups is 1. The molecule has 0 aliphatic carbocycles. The highest BCUT2D eigenvalue weighted by molar-refractivity contribution is 6.32. The van der Waals surface area contributed by atoms with Gasteiger partial charge < -0.3 is 9.47 Å². The van der Waals surface area contributed by atoms with Crippen LogP contribution in [0.3, 0.4) is 0 Å². The number of nitrogens with zero attached hydrogens (tertiary/aromatic N) is 3. The highest BCUT2D eigenvalue weighted by atomic mass is 35.5. The molecule has 7 nitrogen and oxygen atoms in total. The first-order valence-corrected chi connectivity index (χ1v) is 8.88. The van der Waals surface area contributed by atoms with Gasteiger partial charge in [-0.15, -0.1) is 0 Å². The van der Waals surface area contributed by atoms with E-state index in [4.69, 9.17) is 21.1 Å². The van der Waals surface area contributed by atoms with Crippen molar-refractivity contribution in [1.82, 2.24) is 15.4 Å². The Bertz CT molecular complexity index is 800. The van der Waals surface area contributed by atoms with Crippen LogP contribution in [0.5, 0.6) is 11.6 Å². The maximum Gasteiger partial charge on any atom is 0.230 e. The van der Waals surface area contributed by atoms with E-state index < -0.39 is 5.82 Å². The van der Waals surface area contributed by atoms with Crippen molar-refractivity contribution < 1.29 is 19.1 Å². The van der Waals surface area contributed by atoms with Gasteiger partial charge in [-0.2, -0.15) is 0 Å². The number of halogens is 2. The lowest BCUT2D eigenvalue weighted by Crippen LogP contribution is -2.38. The van der Waals surface area contributed by atoms with Gasteiger partial charge in [-0.1, -0.05) is 11.6 Å². The number of hydroxylamine groups is 1. The lowest BCUT2D eigenvalue weighted by Gasteiger charge is -2.25. The van der Waals surface area contributed by atoms with E-state index in [9.17, 15) is 9.60 Å². The Morgan fingerprint density at radius 3 is 2.93 bits per heavy atom. The van der Waals surface area contributed by atoms with Crippen molar-refractivity contribution in [2.24, 2.45) is 4.99 Å². The SMILES string of the molecule is ONC(=NCCN1CCOCC1)c1cccnc1Oc1ccc(F)cc1Cl. The van der Waals surface area contributed by atoms with Gasteiger partial charge in [0.1, 0.15) is 11.6 Å². The first-order chi connectivity index (χ1) is 13.2. The van der Waals surface area contributed by atoms with E-state index in [1.807, 2.05) is 0 Å². The number of aromatic nitrogens is 1. The number of hydrogen-bond donors (Lipinski definition) is 2. The van der Waals surface area contributed by atoms with Crippen molar-refractivity contribution in [3.63, 3.8) is 0 Å². The standard InChI is InChI=1S/C18H20ClFN4O3/c19-15-12-13(20)3-4-16(15)27-18-14(2-1-5-22-18)17(23-25)21-6-7-24-8-10-26-11-9-24/h1-5,12,25H,6-11H2,(H,21,23). The van der Waals surface area contributed by atoms with Gasteiger partial charge in [0.2, 0.25) is 5.88 Å². The number of rotatable bonds is 6. The molecule has 1 aromatic carbocycles. The molecule has 3 rings (SSSR count). The van der Waals surface area contributed by atoms with Crippen molar-refractivity contribution in [3.05, 3.63) is 52.9 Å². The summed E-state index contributed by atoms with van der Waals surface area (Å²) in [5, 5.41) is 9.64. The maximum absolute atomic E-state index is 13.2. The van der Waals surface area contributed by atoms with Crippen LogP contribution in [-0.2, 0) is 4.74 Å². The Morgan fingerprint density at radius 1 is 1.37 bits per heavy atom. The lowest BCUT2D eigenvalue weighted by atomic mass is 10.2. The van der Waals surface area contributed by atoms with Gasteiger partial charge in [0.15, 0.2) is 5.84 Å². The molecule has 1 aromatic heterocycles. The first-order valence-electron chi connectivity index (χ1n) is 8.50. The van der Waals surface area contributed by atoms with Crippen molar-refractivity contribution in [3.8, 4) is 11.6 Å². The molecule has 9 heteroatoms. The molecular weight excluding hydrogens is 375 g/mol. The van der Waals surface area contributed by atoms with Gasteiger partial charge in [-0.05, 0) is 30.3 Å². The Morgan fingerprint density at radius 2 is 2.19 bits per heavy atom. The smallest absolute Gasteiger partial charge is 0.230 e. The number of hydrogen-bond acceptors (Lipinski definition) is 6. The van der Waals surface area contributed by atoms with Gasteiger partial charge in [-0.25, -0.2) is 9.37 Å². The molecular formula is C18H20ClFN4O3. The highest BCUT2D eigenvalue weighted by Crippen LogP contribution is 2.30. The van der Waals surface area contributed by atoms with Gasteiger partial charge in [0.25, 0.3) is 0 Å². The Hall–Kier alpha value is -2.26. The maximum atomic E-state index is 13.2. The molecule has 144 valence electrons. The second-order valence-electron chi connectivity index (χ2n) is 5.83. The fourth-order valence-corrected chi connectivity index (χ4v) is 2.83. The molecule has 2 N–H and O–H groups in total. The van der Waals surface area contributed by atoms with Gasteiger partial charge >= 0.3 is 0 Å². The number of nitrogens with one attached hydrogen (secondary N) is 1. The molecule has 2 aromatic rings. The van der Waals surface area contributed by atoms with Crippen LogP contribution in [0.1, 0.15) is 5.56 Å². The molecule has 0 radical (unpaired) electrons. The minimum absolute atomic E-state index is 0.120. The summed E-state index contributed by atoms with van der Waals surface area (Å²) in [5.41, 5.74) is 2.56. The largest absolute Gasteiger partial charge is 0.437 e. The fraction of sp³-hybridized carbons (Fsp3) is 0.333. The lowest BCUT2D eigenvalue weighted by molar-refractivity contribution is 0.0394. The Kier molecular flexibility index (Phi) is 6.94. The normalized spacial score (nSPS) is 15.6.